The lowest BCUT2D eigenvalue weighted by Gasteiger charge is -2.32. The van der Waals surface area contributed by atoms with Crippen molar-refractivity contribution in [3.8, 4) is 0 Å². The molecule has 0 heterocycles. The van der Waals surface area contributed by atoms with E-state index in [9.17, 15) is 19.2 Å². The van der Waals surface area contributed by atoms with Gasteiger partial charge >= 0.3 is 11.9 Å². The van der Waals surface area contributed by atoms with Crippen molar-refractivity contribution in [2.45, 2.75) is 116 Å². The number of fused-ring (bicyclic) bond motifs is 1. The van der Waals surface area contributed by atoms with Crippen molar-refractivity contribution in [3.05, 3.63) is 81.6 Å². The van der Waals surface area contributed by atoms with Crippen LogP contribution in [0.25, 0.3) is 0 Å². The monoisotopic (exact) mass is 634 g/mol. The molecule has 0 unspecified atom stereocenters. The summed E-state index contributed by atoms with van der Waals surface area (Å²) in [5.41, 5.74) is 2.32. The van der Waals surface area contributed by atoms with E-state index >= 15 is 0 Å². The number of hydrogen-bond acceptors (Lipinski definition) is 6. The van der Waals surface area contributed by atoms with Gasteiger partial charge in [0.15, 0.2) is 11.5 Å². The van der Waals surface area contributed by atoms with Crippen molar-refractivity contribution in [3.63, 3.8) is 0 Å². The summed E-state index contributed by atoms with van der Waals surface area (Å²) in [4.78, 5) is 51.6. The van der Waals surface area contributed by atoms with Crippen LogP contribution in [0.15, 0.2) is 59.9 Å². The smallest absolute Gasteiger partial charge is 0.311 e. The Balaban J connectivity index is 1.23. The Kier molecular flexibility index (Phi) is 13.9. The van der Waals surface area contributed by atoms with Gasteiger partial charge in [0.1, 0.15) is 0 Å². The number of carbonyl (C=O) groups excluding carboxylic acids is 4. The maximum absolute atomic E-state index is 13.7. The first-order chi connectivity index (χ1) is 21.9. The number of unbranched alkanes of at least 4 members (excludes halogenated alkanes) is 9. The minimum atomic E-state index is -0.444. The van der Waals surface area contributed by atoms with Gasteiger partial charge in [-0.3, -0.25) is 19.2 Å². The summed E-state index contributed by atoms with van der Waals surface area (Å²) in [5, 5.41) is 0.709. The zero-order valence-corrected chi connectivity index (χ0v) is 27.4. The number of esters is 2. The lowest BCUT2D eigenvalue weighted by atomic mass is 9.72. The van der Waals surface area contributed by atoms with Gasteiger partial charge in [0.05, 0.1) is 12.2 Å². The Bertz CT molecular complexity index is 1340. The van der Waals surface area contributed by atoms with Crippen molar-refractivity contribution in [1.82, 2.24) is 0 Å². The quantitative estimate of drug-likeness (QED) is 0.127. The zero-order valence-electron chi connectivity index (χ0n) is 26.6. The zero-order chi connectivity index (χ0) is 32.0. The van der Waals surface area contributed by atoms with Crippen LogP contribution in [0.1, 0.15) is 142 Å². The summed E-state index contributed by atoms with van der Waals surface area (Å²) in [6.45, 7) is 2.28. The molecule has 0 N–H and O–H groups in total. The number of benzene rings is 2. The molecule has 4 rings (SSSR count). The molecule has 0 aromatic heterocycles. The van der Waals surface area contributed by atoms with E-state index in [1.54, 1.807) is 24.3 Å². The van der Waals surface area contributed by atoms with Crippen LogP contribution in [0.5, 0.6) is 0 Å². The van der Waals surface area contributed by atoms with Crippen molar-refractivity contribution in [1.29, 1.82) is 0 Å². The van der Waals surface area contributed by atoms with E-state index < -0.39 is 5.97 Å². The molecule has 0 saturated heterocycles. The number of carbonyl (C=O) groups is 4. The van der Waals surface area contributed by atoms with E-state index in [0.717, 1.165) is 70.6 Å². The Labute approximate surface area is 272 Å². The van der Waals surface area contributed by atoms with Crippen LogP contribution in [-0.2, 0) is 19.1 Å². The summed E-state index contributed by atoms with van der Waals surface area (Å²) in [7, 11) is 0. The van der Waals surface area contributed by atoms with E-state index in [1.165, 1.54) is 18.4 Å². The third-order valence-electron chi connectivity index (χ3n) is 9.12. The normalized spacial score (nSPS) is 18.1. The van der Waals surface area contributed by atoms with Crippen molar-refractivity contribution in [2.24, 2.45) is 5.92 Å². The van der Waals surface area contributed by atoms with Gasteiger partial charge in [0.2, 0.25) is 5.78 Å². The molecular formula is C38H47ClO6. The molecule has 7 heteroatoms. The molecule has 0 atom stereocenters. The van der Waals surface area contributed by atoms with E-state index in [0.29, 0.717) is 47.1 Å². The molecule has 0 amide bonds. The van der Waals surface area contributed by atoms with Crippen molar-refractivity contribution >= 4 is 35.1 Å². The van der Waals surface area contributed by atoms with Crippen LogP contribution in [0, 0.1) is 5.92 Å². The second-order valence-electron chi connectivity index (χ2n) is 12.4. The second-order valence-corrected chi connectivity index (χ2v) is 12.8. The van der Waals surface area contributed by atoms with Gasteiger partial charge in [-0.2, -0.15) is 0 Å². The molecule has 2 aliphatic carbocycles. The topological polar surface area (TPSA) is 86.7 Å². The van der Waals surface area contributed by atoms with Gasteiger partial charge in [0.25, 0.3) is 0 Å². The first kappa shape index (κ1) is 34.6. The third-order valence-corrected chi connectivity index (χ3v) is 9.37. The molecule has 242 valence electrons. The molecular weight excluding hydrogens is 588 g/mol. The number of allylic oxidation sites excluding steroid dienone is 2. The SMILES string of the molecule is CCOC(=O)CCCCCCCCCCCCC(=O)OC1=C(C2CCC(c3ccc(Cl)cc3)CC2)C(=O)c2ccccc2C1=O. The molecule has 45 heavy (non-hydrogen) atoms. The van der Waals surface area contributed by atoms with Crippen LogP contribution < -0.4 is 0 Å². The number of rotatable bonds is 17. The predicted molar refractivity (Wildman–Crippen MR) is 176 cm³/mol. The van der Waals surface area contributed by atoms with Crippen LogP contribution in [-0.4, -0.2) is 30.1 Å². The first-order valence-electron chi connectivity index (χ1n) is 16.9. The molecule has 1 fully saturated rings. The maximum Gasteiger partial charge on any atom is 0.311 e. The second kappa shape index (κ2) is 18.0. The molecule has 0 spiro atoms. The van der Waals surface area contributed by atoms with Crippen LogP contribution in [0.2, 0.25) is 5.02 Å². The molecule has 0 radical (unpaired) electrons. The third kappa shape index (κ3) is 10.1. The fraction of sp³-hybridized carbons (Fsp3) is 0.526. The average Bonchev–Trinajstić information content (AvgIpc) is 3.05. The highest BCUT2D eigenvalue weighted by Crippen LogP contribution is 2.42. The van der Waals surface area contributed by atoms with Gasteiger partial charge in [-0.15, -0.1) is 0 Å². The minimum absolute atomic E-state index is 0.0547. The molecule has 2 aromatic carbocycles. The first-order valence-corrected chi connectivity index (χ1v) is 17.3. The molecule has 6 nitrogen and oxygen atoms in total. The molecule has 1 saturated carbocycles. The van der Waals surface area contributed by atoms with Crippen LogP contribution in [0.4, 0.5) is 0 Å². The van der Waals surface area contributed by atoms with Gasteiger partial charge in [0, 0.05) is 29.0 Å². The average molecular weight is 635 g/mol. The Morgan fingerprint density at radius 2 is 1.16 bits per heavy atom. The number of hydrogen-bond donors (Lipinski definition) is 0. The highest BCUT2D eigenvalue weighted by Gasteiger charge is 2.39. The highest BCUT2D eigenvalue weighted by atomic mass is 35.5. The Morgan fingerprint density at radius 1 is 0.667 bits per heavy atom. The van der Waals surface area contributed by atoms with Crippen molar-refractivity contribution < 1.29 is 28.7 Å². The maximum atomic E-state index is 13.7. The summed E-state index contributed by atoms with van der Waals surface area (Å²) >= 11 is 6.07. The molecule has 2 aromatic rings. The molecule has 0 aliphatic heterocycles. The van der Waals surface area contributed by atoms with Crippen molar-refractivity contribution in [2.75, 3.05) is 6.61 Å². The lowest BCUT2D eigenvalue weighted by Crippen LogP contribution is -2.30. The highest BCUT2D eigenvalue weighted by molar-refractivity contribution is 6.30. The Morgan fingerprint density at radius 3 is 1.71 bits per heavy atom. The van der Waals surface area contributed by atoms with Gasteiger partial charge in [-0.1, -0.05) is 99.4 Å². The van der Waals surface area contributed by atoms with Gasteiger partial charge in [-0.05, 0) is 75.0 Å². The fourth-order valence-corrected chi connectivity index (χ4v) is 6.77. The van der Waals surface area contributed by atoms with E-state index in [2.05, 4.69) is 12.1 Å². The minimum Gasteiger partial charge on any atom is -0.466 e. The van der Waals surface area contributed by atoms with E-state index in [1.807, 2.05) is 19.1 Å². The summed E-state index contributed by atoms with van der Waals surface area (Å²) in [6, 6.07) is 14.8. The summed E-state index contributed by atoms with van der Waals surface area (Å²) in [5.74, 6) is -0.915. The number of Topliss-reactive ketones (excluding diaryl/α,β-unsaturated/α-hetero) is 2. The lowest BCUT2D eigenvalue weighted by molar-refractivity contribution is -0.143. The van der Waals surface area contributed by atoms with E-state index in [-0.39, 0.29) is 35.6 Å². The van der Waals surface area contributed by atoms with Crippen LogP contribution >= 0.6 is 11.6 Å². The van der Waals surface area contributed by atoms with Gasteiger partial charge < -0.3 is 9.47 Å². The fourth-order valence-electron chi connectivity index (χ4n) is 6.65. The molecule has 0 bridgehead atoms. The number of ether oxygens (including phenoxy) is 2. The number of ketones is 2. The van der Waals surface area contributed by atoms with Gasteiger partial charge in [-0.25, -0.2) is 0 Å². The van der Waals surface area contributed by atoms with Crippen LogP contribution in [0.3, 0.4) is 0 Å². The van der Waals surface area contributed by atoms with E-state index in [4.69, 9.17) is 21.1 Å². The Hall–Kier alpha value is -3.25. The molecule has 2 aliphatic rings. The summed E-state index contributed by atoms with van der Waals surface area (Å²) in [6.07, 6.45) is 14.4. The summed E-state index contributed by atoms with van der Waals surface area (Å²) < 4.78 is 10.7. The number of halogens is 1. The predicted octanol–water partition coefficient (Wildman–Crippen LogP) is 9.73. The largest absolute Gasteiger partial charge is 0.466 e. The standard InChI is InChI=1S/C38H47ClO6/c1-2-44-33(40)17-11-9-7-5-3-4-6-8-10-12-18-34(41)45-38-35(36(42)31-15-13-14-16-32(31)37(38)43)29-21-19-27(20-22-29)28-23-25-30(39)26-24-28/h13-16,23-27,29H,2-12,17-22H2,1H3.